The van der Waals surface area contributed by atoms with Gasteiger partial charge in [-0.2, -0.15) is 0 Å². The van der Waals surface area contributed by atoms with Gasteiger partial charge in [0.15, 0.2) is 0 Å². The number of hydrogen-bond acceptors (Lipinski definition) is 2. The van der Waals surface area contributed by atoms with E-state index in [0.717, 1.165) is 10.4 Å². The van der Waals surface area contributed by atoms with Gasteiger partial charge in [0.2, 0.25) is 0 Å². The molecule has 1 nitrogen and oxygen atoms in total. The third-order valence-electron chi connectivity index (χ3n) is 2.39. The molecule has 0 bridgehead atoms. The number of rotatable bonds is 5. The molecule has 0 amide bonds. The van der Waals surface area contributed by atoms with E-state index in [4.69, 9.17) is 0 Å². The standard InChI is InChI=1S/C11H17Br2NS/c1-7(2)4-5-9(14-3)10-6-8(12)11(13)15-10/h6-7,9,14H,4-5H2,1-3H3. The first-order valence-electron chi connectivity index (χ1n) is 5.16. The van der Waals surface area contributed by atoms with E-state index in [0.29, 0.717) is 6.04 Å². The van der Waals surface area contributed by atoms with E-state index in [2.05, 4.69) is 57.1 Å². The van der Waals surface area contributed by atoms with Crippen LogP contribution in [0.1, 0.15) is 37.6 Å². The lowest BCUT2D eigenvalue weighted by atomic mass is 10.0. The summed E-state index contributed by atoms with van der Waals surface area (Å²) in [5.74, 6) is 0.771. The molecule has 1 unspecified atom stereocenters. The van der Waals surface area contributed by atoms with Crippen molar-refractivity contribution in [3.8, 4) is 0 Å². The van der Waals surface area contributed by atoms with Crippen LogP contribution < -0.4 is 5.32 Å². The monoisotopic (exact) mass is 353 g/mol. The molecule has 0 saturated heterocycles. The first kappa shape index (κ1) is 13.7. The normalized spacial score (nSPS) is 13.5. The Morgan fingerprint density at radius 2 is 2.00 bits per heavy atom. The van der Waals surface area contributed by atoms with Crippen LogP contribution in [0.3, 0.4) is 0 Å². The zero-order chi connectivity index (χ0) is 11.4. The minimum absolute atomic E-state index is 0.486. The summed E-state index contributed by atoms with van der Waals surface area (Å²) in [6.45, 7) is 4.54. The molecule has 1 rings (SSSR count). The Morgan fingerprint density at radius 1 is 1.33 bits per heavy atom. The fraction of sp³-hybridized carbons (Fsp3) is 0.636. The van der Waals surface area contributed by atoms with Crippen molar-refractivity contribution in [1.29, 1.82) is 0 Å². The predicted octanol–water partition coefficient (Wildman–Crippen LogP) is 4.97. The van der Waals surface area contributed by atoms with Crippen LogP contribution in [0, 0.1) is 5.92 Å². The van der Waals surface area contributed by atoms with Crippen LogP contribution >= 0.6 is 43.2 Å². The number of halogens is 2. The van der Waals surface area contributed by atoms with Gasteiger partial charge in [-0.3, -0.25) is 0 Å². The second-order valence-corrected chi connectivity index (χ2v) is 7.34. The molecule has 1 heterocycles. The van der Waals surface area contributed by atoms with Crippen LogP contribution in [-0.4, -0.2) is 7.05 Å². The Labute approximate surface area is 113 Å². The summed E-state index contributed by atoms with van der Waals surface area (Å²) in [6.07, 6.45) is 2.46. The van der Waals surface area contributed by atoms with E-state index in [9.17, 15) is 0 Å². The first-order chi connectivity index (χ1) is 7.04. The van der Waals surface area contributed by atoms with Gasteiger partial charge < -0.3 is 5.32 Å². The molecule has 0 aromatic carbocycles. The second-order valence-electron chi connectivity index (χ2n) is 4.08. The Balaban J connectivity index is 2.65. The van der Waals surface area contributed by atoms with E-state index in [-0.39, 0.29) is 0 Å². The molecule has 1 N–H and O–H groups in total. The van der Waals surface area contributed by atoms with E-state index in [1.807, 2.05) is 7.05 Å². The highest BCUT2D eigenvalue weighted by Crippen LogP contribution is 2.36. The van der Waals surface area contributed by atoms with Gasteiger partial charge in [0.25, 0.3) is 0 Å². The molecule has 15 heavy (non-hydrogen) atoms. The van der Waals surface area contributed by atoms with Gasteiger partial charge in [-0.05, 0) is 63.7 Å². The maximum atomic E-state index is 3.54. The largest absolute Gasteiger partial charge is 0.312 e. The van der Waals surface area contributed by atoms with Crippen molar-refractivity contribution in [2.24, 2.45) is 5.92 Å². The van der Waals surface area contributed by atoms with Crippen molar-refractivity contribution in [2.45, 2.75) is 32.7 Å². The van der Waals surface area contributed by atoms with Crippen molar-refractivity contribution in [3.63, 3.8) is 0 Å². The molecule has 86 valence electrons. The molecule has 0 saturated carbocycles. The smallest absolute Gasteiger partial charge is 0.0843 e. The quantitative estimate of drug-likeness (QED) is 0.787. The third kappa shape index (κ3) is 4.17. The molecule has 0 fully saturated rings. The molecular formula is C11H17Br2NS. The van der Waals surface area contributed by atoms with Crippen molar-refractivity contribution in [2.75, 3.05) is 7.05 Å². The Bertz CT molecular complexity index is 290. The number of nitrogens with one attached hydrogen (secondary N) is 1. The topological polar surface area (TPSA) is 12.0 Å². The molecular weight excluding hydrogens is 338 g/mol. The van der Waals surface area contributed by atoms with Crippen LogP contribution in [0.2, 0.25) is 0 Å². The minimum Gasteiger partial charge on any atom is -0.312 e. The lowest BCUT2D eigenvalue weighted by Crippen LogP contribution is -2.15. The van der Waals surface area contributed by atoms with Crippen molar-refractivity contribution >= 4 is 43.2 Å². The van der Waals surface area contributed by atoms with Crippen LogP contribution in [0.15, 0.2) is 14.3 Å². The fourth-order valence-electron chi connectivity index (χ4n) is 1.46. The fourth-order valence-corrected chi connectivity index (χ4v) is 3.70. The van der Waals surface area contributed by atoms with Crippen LogP contribution in [0.4, 0.5) is 0 Å². The SMILES string of the molecule is CNC(CCC(C)C)c1cc(Br)c(Br)s1. The predicted molar refractivity (Wildman–Crippen MR) is 75.6 cm³/mol. The van der Waals surface area contributed by atoms with Gasteiger partial charge >= 0.3 is 0 Å². The molecule has 1 aromatic heterocycles. The first-order valence-corrected chi connectivity index (χ1v) is 7.56. The molecule has 0 radical (unpaired) electrons. The lowest BCUT2D eigenvalue weighted by Gasteiger charge is -2.15. The minimum atomic E-state index is 0.486. The highest BCUT2D eigenvalue weighted by atomic mass is 79.9. The molecule has 0 aliphatic heterocycles. The van der Waals surface area contributed by atoms with Crippen LogP contribution in [0.25, 0.3) is 0 Å². The highest BCUT2D eigenvalue weighted by molar-refractivity contribution is 9.13. The van der Waals surface area contributed by atoms with Gasteiger partial charge in [0.05, 0.1) is 3.79 Å². The average Bonchev–Trinajstić information content (AvgIpc) is 2.47. The summed E-state index contributed by atoms with van der Waals surface area (Å²) in [5, 5.41) is 3.38. The second kappa shape index (κ2) is 6.38. The van der Waals surface area contributed by atoms with Gasteiger partial charge in [-0.15, -0.1) is 11.3 Å². The Hall–Kier alpha value is 0.620. The Kier molecular flexibility index (Phi) is 5.82. The summed E-state index contributed by atoms with van der Waals surface area (Å²) >= 11 is 8.87. The summed E-state index contributed by atoms with van der Waals surface area (Å²) in [4.78, 5) is 1.40. The summed E-state index contributed by atoms with van der Waals surface area (Å²) in [6, 6.07) is 2.69. The van der Waals surface area contributed by atoms with Gasteiger partial charge in [-0.1, -0.05) is 13.8 Å². The van der Waals surface area contributed by atoms with Crippen molar-refractivity contribution in [1.82, 2.24) is 5.32 Å². The van der Waals surface area contributed by atoms with Gasteiger partial charge in [0.1, 0.15) is 0 Å². The summed E-state index contributed by atoms with van der Waals surface area (Å²) < 4.78 is 2.34. The highest BCUT2D eigenvalue weighted by Gasteiger charge is 2.14. The van der Waals surface area contributed by atoms with E-state index >= 15 is 0 Å². The summed E-state index contributed by atoms with van der Waals surface area (Å²) in [5.41, 5.74) is 0. The molecule has 4 heteroatoms. The van der Waals surface area contributed by atoms with E-state index in [1.165, 1.54) is 21.5 Å². The molecule has 0 aliphatic rings. The molecule has 1 atom stereocenters. The maximum Gasteiger partial charge on any atom is 0.0843 e. The number of thiophene rings is 1. The maximum absolute atomic E-state index is 3.54. The average molecular weight is 355 g/mol. The third-order valence-corrected chi connectivity index (χ3v) is 5.76. The molecule has 1 aromatic rings. The zero-order valence-corrected chi connectivity index (χ0v) is 13.3. The van der Waals surface area contributed by atoms with Crippen molar-refractivity contribution in [3.05, 3.63) is 19.2 Å². The Morgan fingerprint density at radius 3 is 2.40 bits per heavy atom. The van der Waals surface area contributed by atoms with E-state index < -0.39 is 0 Å². The molecule has 0 aliphatic carbocycles. The molecule has 0 spiro atoms. The zero-order valence-electron chi connectivity index (χ0n) is 9.31. The summed E-state index contributed by atoms with van der Waals surface area (Å²) in [7, 11) is 2.03. The van der Waals surface area contributed by atoms with Crippen LogP contribution in [-0.2, 0) is 0 Å². The number of hydrogen-bond donors (Lipinski definition) is 1. The van der Waals surface area contributed by atoms with Crippen molar-refractivity contribution < 1.29 is 0 Å². The van der Waals surface area contributed by atoms with Gasteiger partial charge in [-0.25, -0.2) is 0 Å². The van der Waals surface area contributed by atoms with E-state index in [1.54, 1.807) is 11.3 Å². The van der Waals surface area contributed by atoms with Gasteiger partial charge in [0, 0.05) is 15.4 Å². The lowest BCUT2D eigenvalue weighted by molar-refractivity contribution is 0.469. The van der Waals surface area contributed by atoms with Crippen LogP contribution in [0.5, 0.6) is 0 Å².